The third-order valence-electron chi connectivity index (χ3n) is 2.75. The molecular formula is C15H11Cl2F2NO2. The molecule has 0 saturated heterocycles. The SMILES string of the molecule is C[C@@H](Oc1ccc(Cl)cc1Cl)C(=O)Nc1cc(F)ccc1F. The van der Waals surface area contributed by atoms with Gasteiger partial charge in [-0.05, 0) is 37.3 Å². The summed E-state index contributed by atoms with van der Waals surface area (Å²) in [6, 6.07) is 7.30. The number of carbonyl (C=O) groups excluding carboxylic acids is 1. The lowest BCUT2D eigenvalue weighted by Gasteiger charge is -2.16. The maximum absolute atomic E-state index is 13.5. The van der Waals surface area contributed by atoms with Crippen molar-refractivity contribution in [1.82, 2.24) is 0 Å². The number of hydrogen-bond donors (Lipinski definition) is 1. The minimum absolute atomic E-state index is 0.240. The Morgan fingerprint density at radius 2 is 1.91 bits per heavy atom. The van der Waals surface area contributed by atoms with Crippen molar-refractivity contribution < 1.29 is 18.3 Å². The summed E-state index contributed by atoms with van der Waals surface area (Å²) in [5.41, 5.74) is -0.261. The molecule has 0 spiro atoms. The first kappa shape index (κ1) is 16.5. The van der Waals surface area contributed by atoms with Gasteiger partial charge in [0.2, 0.25) is 0 Å². The zero-order valence-electron chi connectivity index (χ0n) is 11.4. The first-order valence-corrected chi connectivity index (χ1v) is 7.00. The van der Waals surface area contributed by atoms with E-state index in [1.165, 1.54) is 19.1 Å². The van der Waals surface area contributed by atoms with E-state index in [1.807, 2.05) is 0 Å². The van der Waals surface area contributed by atoms with E-state index in [0.717, 1.165) is 18.2 Å². The quantitative estimate of drug-likeness (QED) is 0.873. The molecule has 0 aliphatic heterocycles. The van der Waals surface area contributed by atoms with Gasteiger partial charge in [-0.1, -0.05) is 23.2 Å². The number of benzene rings is 2. The molecule has 0 unspecified atom stereocenters. The van der Waals surface area contributed by atoms with Crippen molar-refractivity contribution in [1.29, 1.82) is 0 Å². The summed E-state index contributed by atoms with van der Waals surface area (Å²) in [7, 11) is 0. The summed E-state index contributed by atoms with van der Waals surface area (Å²) in [4.78, 5) is 12.0. The molecule has 0 radical (unpaired) electrons. The van der Waals surface area contributed by atoms with Crippen LogP contribution in [0.25, 0.3) is 0 Å². The van der Waals surface area contributed by atoms with E-state index in [4.69, 9.17) is 27.9 Å². The fraction of sp³-hybridized carbons (Fsp3) is 0.133. The molecule has 1 amide bonds. The monoisotopic (exact) mass is 345 g/mol. The fourth-order valence-electron chi connectivity index (χ4n) is 1.64. The van der Waals surface area contributed by atoms with Gasteiger partial charge in [0.25, 0.3) is 5.91 Å². The van der Waals surface area contributed by atoms with Gasteiger partial charge in [0.05, 0.1) is 10.7 Å². The molecule has 3 nitrogen and oxygen atoms in total. The van der Waals surface area contributed by atoms with E-state index in [9.17, 15) is 13.6 Å². The lowest BCUT2D eigenvalue weighted by Crippen LogP contribution is -2.30. The van der Waals surface area contributed by atoms with Crippen LogP contribution in [0.2, 0.25) is 10.0 Å². The van der Waals surface area contributed by atoms with Crippen molar-refractivity contribution in [2.75, 3.05) is 5.32 Å². The lowest BCUT2D eigenvalue weighted by molar-refractivity contribution is -0.122. The van der Waals surface area contributed by atoms with Gasteiger partial charge in [0, 0.05) is 11.1 Å². The zero-order chi connectivity index (χ0) is 16.3. The summed E-state index contributed by atoms with van der Waals surface area (Å²) < 4.78 is 31.9. The van der Waals surface area contributed by atoms with Crippen LogP contribution in [0, 0.1) is 11.6 Å². The summed E-state index contributed by atoms with van der Waals surface area (Å²) in [5, 5.41) is 2.92. The molecule has 2 aromatic carbocycles. The molecule has 0 saturated carbocycles. The number of hydrogen-bond acceptors (Lipinski definition) is 2. The maximum Gasteiger partial charge on any atom is 0.265 e. The summed E-state index contributed by atoms with van der Waals surface area (Å²) in [6.45, 7) is 1.46. The number of rotatable bonds is 4. The van der Waals surface area contributed by atoms with E-state index in [2.05, 4.69) is 5.32 Å². The Morgan fingerprint density at radius 1 is 1.18 bits per heavy atom. The Labute approximate surface area is 135 Å². The molecule has 1 N–H and O–H groups in total. The van der Waals surface area contributed by atoms with Crippen molar-refractivity contribution in [3.63, 3.8) is 0 Å². The third kappa shape index (κ3) is 4.08. The molecule has 0 heterocycles. The van der Waals surface area contributed by atoms with E-state index in [-0.39, 0.29) is 16.5 Å². The number of anilines is 1. The standard InChI is InChI=1S/C15H11Cl2F2NO2/c1-8(22-14-5-2-9(16)6-11(14)17)15(21)20-13-7-10(18)3-4-12(13)19/h2-8H,1H3,(H,20,21)/t8-/m1/s1. The molecule has 116 valence electrons. The molecule has 0 aliphatic carbocycles. The largest absolute Gasteiger partial charge is 0.479 e. The van der Waals surface area contributed by atoms with Crippen LogP contribution in [-0.2, 0) is 4.79 Å². The first-order valence-electron chi connectivity index (χ1n) is 6.24. The van der Waals surface area contributed by atoms with Crippen LogP contribution in [0.5, 0.6) is 5.75 Å². The number of ether oxygens (including phenoxy) is 1. The van der Waals surface area contributed by atoms with Crippen LogP contribution < -0.4 is 10.1 Å². The maximum atomic E-state index is 13.5. The van der Waals surface area contributed by atoms with E-state index in [1.54, 1.807) is 6.07 Å². The van der Waals surface area contributed by atoms with Crippen molar-refractivity contribution in [3.8, 4) is 5.75 Å². The van der Waals surface area contributed by atoms with Crippen molar-refractivity contribution in [2.24, 2.45) is 0 Å². The zero-order valence-corrected chi connectivity index (χ0v) is 12.9. The Bertz CT molecular complexity index is 710. The summed E-state index contributed by atoms with van der Waals surface area (Å²) in [6.07, 6.45) is -0.971. The topological polar surface area (TPSA) is 38.3 Å². The summed E-state index contributed by atoms with van der Waals surface area (Å²) in [5.74, 6) is -1.79. The molecule has 22 heavy (non-hydrogen) atoms. The molecule has 0 aromatic heterocycles. The molecule has 0 bridgehead atoms. The fourth-order valence-corrected chi connectivity index (χ4v) is 2.10. The predicted octanol–water partition coefficient (Wildman–Crippen LogP) is 4.68. The minimum Gasteiger partial charge on any atom is -0.479 e. The van der Waals surface area contributed by atoms with Crippen LogP contribution in [0.4, 0.5) is 14.5 Å². The van der Waals surface area contributed by atoms with Crippen molar-refractivity contribution in [3.05, 3.63) is 58.1 Å². The van der Waals surface area contributed by atoms with E-state index < -0.39 is 23.6 Å². The number of halogens is 4. The highest BCUT2D eigenvalue weighted by Gasteiger charge is 2.18. The van der Waals surface area contributed by atoms with Gasteiger partial charge in [-0.25, -0.2) is 8.78 Å². The second kappa shape index (κ2) is 6.94. The Hall–Kier alpha value is -1.85. The highest BCUT2D eigenvalue weighted by Crippen LogP contribution is 2.28. The highest BCUT2D eigenvalue weighted by atomic mass is 35.5. The second-order valence-corrected chi connectivity index (χ2v) is 5.29. The third-order valence-corrected chi connectivity index (χ3v) is 3.28. The van der Waals surface area contributed by atoms with Gasteiger partial charge in [-0.15, -0.1) is 0 Å². The van der Waals surface area contributed by atoms with Crippen LogP contribution in [0.15, 0.2) is 36.4 Å². The average Bonchev–Trinajstić information content (AvgIpc) is 2.45. The lowest BCUT2D eigenvalue weighted by atomic mass is 10.2. The Morgan fingerprint density at radius 3 is 2.59 bits per heavy atom. The highest BCUT2D eigenvalue weighted by molar-refractivity contribution is 6.35. The molecule has 2 aromatic rings. The first-order chi connectivity index (χ1) is 10.4. The number of carbonyl (C=O) groups is 1. The average molecular weight is 346 g/mol. The normalized spacial score (nSPS) is 11.9. The van der Waals surface area contributed by atoms with Crippen molar-refractivity contribution in [2.45, 2.75) is 13.0 Å². The molecule has 1 atom stereocenters. The molecule has 0 aliphatic rings. The van der Waals surface area contributed by atoms with Crippen LogP contribution in [0.1, 0.15) is 6.92 Å². The smallest absolute Gasteiger partial charge is 0.265 e. The van der Waals surface area contributed by atoms with E-state index >= 15 is 0 Å². The second-order valence-electron chi connectivity index (χ2n) is 4.45. The Balaban J connectivity index is 2.07. The number of nitrogens with one attached hydrogen (secondary N) is 1. The van der Waals surface area contributed by atoms with E-state index in [0.29, 0.717) is 5.02 Å². The van der Waals surface area contributed by atoms with Gasteiger partial charge in [-0.2, -0.15) is 0 Å². The summed E-state index contributed by atoms with van der Waals surface area (Å²) >= 11 is 11.7. The van der Waals surface area contributed by atoms with Gasteiger partial charge in [-0.3, -0.25) is 4.79 Å². The minimum atomic E-state index is -0.971. The molecule has 7 heteroatoms. The number of amides is 1. The molecular weight excluding hydrogens is 335 g/mol. The van der Waals surface area contributed by atoms with Crippen molar-refractivity contribution >= 4 is 34.8 Å². The Kier molecular flexibility index (Phi) is 5.21. The van der Waals surface area contributed by atoms with Gasteiger partial charge in [0.15, 0.2) is 6.10 Å². The van der Waals surface area contributed by atoms with Crippen LogP contribution >= 0.6 is 23.2 Å². The predicted molar refractivity (Wildman–Crippen MR) is 81.5 cm³/mol. The van der Waals surface area contributed by atoms with Gasteiger partial charge < -0.3 is 10.1 Å². The molecule has 0 fully saturated rings. The van der Waals surface area contributed by atoms with Crippen LogP contribution in [0.3, 0.4) is 0 Å². The van der Waals surface area contributed by atoms with Gasteiger partial charge >= 0.3 is 0 Å². The van der Waals surface area contributed by atoms with Gasteiger partial charge in [0.1, 0.15) is 17.4 Å². The molecule has 2 rings (SSSR count). The van der Waals surface area contributed by atoms with Crippen LogP contribution in [-0.4, -0.2) is 12.0 Å².